The molecule has 3 aromatic rings. The summed E-state index contributed by atoms with van der Waals surface area (Å²) in [4.78, 5) is 17.3. The van der Waals surface area contributed by atoms with Gasteiger partial charge in [-0.25, -0.2) is 8.42 Å². The lowest BCUT2D eigenvalue weighted by Gasteiger charge is -2.23. The summed E-state index contributed by atoms with van der Waals surface area (Å²) < 4.78 is 33.7. The fourth-order valence-electron chi connectivity index (χ4n) is 3.10. The van der Waals surface area contributed by atoms with Gasteiger partial charge in [0, 0.05) is 45.3 Å². The highest BCUT2D eigenvalue weighted by molar-refractivity contribution is 7.89. The summed E-state index contributed by atoms with van der Waals surface area (Å²) in [6.07, 6.45) is 2.89. The number of nitrogens with zero attached hydrogens (tertiary/aromatic N) is 3. The standard InChI is InChI=1S/C24H27N3O4S/c1-19(28)18-31-23-7-4-6-21(14-23)17-27(32(29,30)24-8-5-13-25-15-24)16-20-9-11-22(12-10-20)26(2)3/h4-15H,16-18H2,1-3H3. The lowest BCUT2D eigenvalue weighted by molar-refractivity contribution is -0.118. The molecule has 32 heavy (non-hydrogen) atoms. The van der Waals surface area contributed by atoms with Crippen molar-refractivity contribution in [3.63, 3.8) is 0 Å². The molecule has 8 heteroatoms. The maximum absolute atomic E-state index is 13.4. The smallest absolute Gasteiger partial charge is 0.245 e. The van der Waals surface area contributed by atoms with Gasteiger partial charge in [-0.05, 0) is 54.4 Å². The molecule has 0 atom stereocenters. The van der Waals surface area contributed by atoms with Crippen molar-refractivity contribution < 1.29 is 17.9 Å². The number of ether oxygens (including phenoxy) is 1. The van der Waals surface area contributed by atoms with Gasteiger partial charge in [0.1, 0.15) is 17.3 Å². The SMILES string of the molecule is CC(=O)COc1cccc(CN(Cc2ccc(N(C)C)cc2)S(=O)(=O)c2cccnc2)c1. The van der Waals surface area contributed by atoms with E-state index in [0.717, 1.165) is 16.8 Å². The quantitative estimate of drug-likeness (QED) is 0.467. The number of ketones is 1. The third-order valence-corrected chi connectivity index (χ3v) is 6.56. The zero-order valence-corrected chi connectivity index (χ0v) is 19.2. The van der Waals surface area contributed by atoms with Crippen molar-refractivity contribution in [2.75, 3.05) is 25.6 Å². The molecule has 7 nitrogen and oxygen atoms in total. The summed E-state index contributed by atoms with van der Waals surface area (Å²) in [5.41, 5.74) is 2.65. The molecule has 0 aliphatic heterocycles. The molecule has 1 heterocycles. The summed E-state index contributed by atoms with van der Waals surface area (Å²) >= 11 is 0. The lowest BCUT2D eigenvalue weighted by Crippen LogP contribution is -2.30. The molecule has 0 unspecified atom stereocenters. The lowest BCUT2D eigenvalue weighted by atomic mass is 10.2. The second kappa shape index (κ2) is 10.4. The molecule has 0 saturated carbocycles. The number of sulfonamides is 1. The normalized spacial score (nSPS) is 11.4. The Labute approximate surface area is 189 Å². The summed E-state index contributed by atoms with van der Waals surface area (Å²) in [5.74, 6) is 0.434. The van der Waals surface area contributed by atoms with E-state index in [1.54, 1.807) is 30.5 Å². The Bertz CT molecular complexity index is 1150. The van der Waals surface area contributed by atoms with Crippen LogP contribution in [0.4, 0.5) is 5.69 Å². The molecule has 0 amide bonds. The van der Waals surface area contributed by atoms with Gasteiger partial charge in [-0.15, -0.1) is 0 Å². The predicted octanol–water partition coefficient (Wildman–Crippen LogP) is 3.51. The van der Waals surface area contributed by atoms with Crippen LogP contribution in [0.1, 0.15) is 18.1 Å². The monoisotopic (exact) mass is 453 g/mol. The summed E-state index contributed by atoms with van der Waals surface area (Å²) in [6, 6.07) is 18.0. The molecule has 0 radical (unpaired) electrons. The van der Waals surface area contributed by atoms with Crippen LogP contribution in [0, 0.1) is 0 Å². The number of rotatable bonds is 10. The van der Waals surface area contributed by atoms with Crippen LogP contribution in [0.2, 0.25) is 0 Å². The summed E-state index contributed by atoms with van der Waals surface area (Å²) in [5, 5.41) is 0. The molecule has 0 aliphatic rings. The molecular weight excluding hydrogens is 426 g/mol. The topological polar surface area (TPSA) is 79.8 Å². The van der Waals surface area contributed by atoms with Gasteiger partial charge in [-0.3, -0.25) is 9.78 Å². The molecular formula is C24H27N3O4S. The third kappa shape index (κ3) is 6.15. The van der Waals surface area contributed by atoms with Crippen molar-refractivity contribution >= 4 is 21.5 Å². The van der Waals surface area contributed by atoms with Crippen LogP contribution in [-0.2, 0) is 27.9 Å². The first kappa shape index (κ1) is 23.4. The molecule has 1 aromatic heterocycles. The van der Waals surface area contributed by atoms with Crippen LogP contribution in [0.25, 0.3) is 0 Å². The van der Waals surface area contributed by atoms with E-state index in [1.807, 2.05) is 49.3 Å². The van der Waals surface area contributed by atoms with Gasteiger partial charge in [0.15, 0.2) is 5.78 Å². The Balaban J connectivity index is 1.90. The third-order valence-electron chi connectivity index (χ3n) is 4.78. The van der Waals surface area contributed by atoms with Crippen molar-refractivity contribution in [2.45, 2.75) is 24.9 Å². The minimum atomic E-state index is -3.80. The highest BCUT2D eigenvalue weighted by Gasteiger charge is 2.25. The molecule has 0 N–H and O–H groups in total. The largest absolute Gasteiger partial charge is 0.486 e. The maximum atomic E-state index is 13.4. The number of pyridine rings is 1. The van der Waals surface area contributed by atoms with Crippen LogP contribution in [0.3, 0.4) is 0 Å². The van der Waals surface area contributed by atoms with Crippen molar-refractivity contribution in [3.05, 3.63) is 84.2 Å². The number of carbonyl (C=O) groups excluding carboxylic acids is 1. The number of carbonyl (C=O) groups is 1. The van der Waals surface area contributed by atoms with E-state index in [0.29, 0.717) is 5.75 Å². The average Bonchev–Trinajstić information content (AvgIpc) is 2.78. The van der Waals surface area contributed by atoms with Crippen LogP contribution in [0.5, 0.6) is 5.75 Å². The Morgan fingerprint density at radius 2 is 1.69 bits per heavy atom. The second-order valence-electron chi connectivity index (χ2n) is 7.66. The van der Waals surface area contributed by atoms with Gasteiger partial charge < -0.3 is 9.64 Å². The Hall–Kier alpha value is -3.23. The molecule has 0 saturated heterocycles. The zero-order chi connectivity index (χ0) is 23.1. The molecule has 0 aliphatic carbocycles. The Kier molecular flexibility index (Phi) is 7.61. The van der Waals surface area contributed by atoms with Crippen LogP contribution < -0.4 is 9.64 Å². The van der Waals surface area contributed by atoms with E-state index in [2.05, 4.69) is 4.98 Å². The molecule has 0 fully saturated rings. The Morgan fingerprint density at radius 1 is 0.969 bits per heavy atom. The van der Waals surface area contributed by atoms with Crippen LogP contribution >= 0.6 is 0 Å². The number of aromatic nitrogens is 1. The van der Waals surface area contributed by atoms with E-state index < -0.39 is 10.0 Å². The van der Waals surface area contributed by atoms with E-state index in [1.165, 1.54) is 23.5 Å². The number of hydrogen-bond donors (Lipinski definition) is 0. The van der Waals surface area contributed by atoms with Crippen LogP contribution in [-0.4, -0.2) is 44.2 Å². The van der Waals surface area contributed by atoms with Crippen LogP contribution in [0.15, 0.2) is 78.0 Å². The van der Waals surface area contributed by atoms with Gasteiger partial charge >= 0.3 is 0 Å². The average molecular weight is 454 g/mol. The van der Waals surface area contributed by atoms with Gasteiger partial charge in [0.05, 0.1) is 0 Å². The zero-order valence-electron chi connectivity index (χ0n) is 18.4. The fourth-order valence-corrected chi connectivity index (χ4v) is 4.48. The molecule has 0 spiro atoms. The fraction of sp³-hybridized carbons (Fsp3) is 0.250. The van der Waals surface area contributed by atoms with E-state index >= 15 is 0 Å². The highest BCUT2D eigenvalue weighted by Crippen LogP contribution is 2.23. The van der Waals surface area contributed by atoms with Crippen molar-refractivity contribution in [3.8, 4) is 5.75 Å². The van der Waals surface area contributed by atoms with Crippen molar-refractivity contribution in [2.24, 2.45) is 0 Å². The molecule has 3 rings (SSSR count). The molecule has 0 bridgehead atoms. The highest BCUT2D eigenvalue weighted by atomic mass is 32.2. The minimum absolute atomic E-state index is 0.0284. The Morgan fingerprint density at radius 3 is 2.31 bits per heavy atom. The second-order valence-corrected chi connectivity index (χ2v) is 9.60. The van der Waals surface area contributed by atoms with Crippen molar-refractivity contribution in [1.82, 2.24) is 9.29 Å². The first-order chi connectivity index (χ1) is 15.3. The van der Waals surface area contributed by atoms with Gasteiger partial charge in [0.2, 0.25) is 10.0 Å². The van der Waals surface area contributed by atoms with E-state index in [-0.39, 0.29) is 30.4 Å². The van der Waals surface area contributed by atoms with Gasteiger partial charge in [-0.2, -0.15) is 4.31 Å². The van der Waals surface area contributed by atoms with Gasteiger partial charge in [0.25, 0.3) is 0 Å². The minimum Gasteiger partial charge on any atom is -0.486 e. The number of Topliss-reactive ketones (excluding diaryl/α,β-unsaturated/α-hetero) is 1. The van der Waals surface area contributed by atoms with Crippen molar-refractivity contribution in [1.29, 1.82) is 0 Å². The number of benzene rings is 2. The molecule has 168 valence electrons. The number of hydrogen-bond acceptors (Lipinski definition) is 6. The van der Waals surface area contributed by atoms with E-state index in [4.69, 9.17) is 4.74 Å². The maximum Gasteiger partial charge on any atom is 0.245 e. The number of anilines is 1. The first-order valence-electron chi connectivity index (χ1n) is 10.1. The summed E-state index contributed by atoms with van der Waals surface area (Å²) in [7, 11) is 0.110. The summed E-state index contributed by atoms with van der Waals surface area (Å²) in [6.45, 7) is 1.76. The molecule has 2 aromatic carbocycles. The van der Waals surface area contributed by atoms with Gasteiger partial charge in [-0.1, -0.05) is 24.3 Å². The van der Waals surface area contributed by atoms with E-state index in [9.17, 15) is 13.2 Å². The first-order valence-corrected chi connectivity index (χ1v) is 11.6. The predicted molar refractivity (Wildman–Crippen MR) is 124 cm³/mol.